The van der Waals surface area contributed by atoms with Gasteiger partial charge in [-0.2, -0.15) is 0 Å². The molecule has 0 atom stereocenters. The Labute approximate surface area is 206 Å². The summed E-state index contributed by atoms with van der Waals surface area (Å²) in [6.45, 7) is 20.1. The van der Waals surface area contributed by atoms with E-state index in [4.69, 9.17) is 9.78 Å². The van der Waals surface area contributed by atoms with E-state index in [1.54, 1.807) is 13.8 Å². The fraction of sp³-hybridized carbons (Fsp3) is 0.533. The van der Waals surface area contributed by atoms with Crippen molar-refractivity contribution in [3.63, 3.8) is 0 Å². The van der Waals surface area contributed by atoms with Crippen molar-refractivity contribution in [3.05, 3.63) is 70.8 Å². The van der Waals surface area contributed by atoms with Crippen LogP contribution in [0.2, 0.25) is 0 Å². The molecule has 2 rings (SSSR count). The third-order valence-corrected chi connectivity index (χ3v) is 6.37. The summed E-state index contributed by atoms with van der Waals surface area (Å²) in [4.78, 5) is 35.3. The van der Waals surface area contributed by atoms with Gasteiger partial charge in [0.15, 0.2) is 11.6 Å². The summed E-state index contributed by atoms with van der Waals surface area (Å²) in [5, 5.41) is 0. The zero-order valence-electron chi connectivity index (χ0n) is 22.7. The van der Waals surface area contributed by atoms with E-state index in [1.165, 1.54) is 0 Å². The van der Waals surface area contributed by atoms with Crippen LogP contribution in [-0.4, -0.2) is 22.8 Å². The first kappa shape index (κ1) is 27.9. The number of hydrogen-bond acceptors (Lipinski definition) is 4. The number of rotatable bonds is 11. The van der Waals surface area contributed by atoms with Crippen molar-refractivity contribution in [1.29, 1.82) is 0 Å². The Hall–Kier alpha value is -2.30. The minimum atomic E-state index is -0.521. The minimum absolute atomic E-state index is 0.0707. The van der Waals surface area contributed by atoms with Crippen LogP contribution in [0.5, 0.6) is 0 Å². The third kappa shape index (κ3) is 7.61. The fourth-order valence-corrected chi connectivity index (χ4v) is 4.93. The highest BCUT2D eigenvalue weighted by molar-refractivity contribution is 5.94. The summed E-state index contributed by atoms with van der Waals surface area (Å²) < 4.78 is 0. The molecule has 4 nitrogen and oxygen atoms in total. The highest BCUT2D eigenvalue weighted by atomic mass is 17.2. The van der Waals surface area contributed by atoms with Gasteiger partial charge in [-0.25, -0.2) is 9.78 Å². The van der Waals surface area contributed by atoms with Crippen LogP contribution in [0.15, 0.2) is 48.5 Å². The third-order valence-electron chi connectivity index (χ3n) is 6.37. The molecule has 0 unspecified atom stereocenters. The lowest BCUT2D eigenvalue weighted by Crippen LogP contribution is -2.40. The van der Waals surface area contributed by atoms with Gasteiger partial charge in [0.25, 0.3) is 0 Å². The average molecular weight is 467 g/mol. The molecule has 0 aromatic heterocycles. The van der Waals surface area contributed by atoms with Crippen molar-refractivity contribution in [2.45, 2.75) is 104 Å². The van der Waals surface area contributed by atoms with E-state index in [2.05, 4.69) is 27.7 Å². The lowest BCUT2D eigenvalue weighted by Gasteiger charge is -2.39. The first-order valence-corrected chi connectivity index (χ1v) is 12.0. The van der Waals surface area contributed by atoms with Gasteiger partial charge in [0.1, 0.15) is 0 Å². The smallest absolute Gasteiger partial charge is 0.159 e. The molecule has 0 spiro atoms. The molecule has 0 heterocycles. The Kier molecular flexibility index (Phi) is 8.33. The zero-order valence-corrected chi connectivity index (χ0v) is 22.7. The fourth-order valence-electron chi connectivity index (χ4n) is 4.93. The van der Waals surface area contributed by atoms with Gasteiger partial charge in [-0.15, -0.1) is 0 Å². The number of ketones is 2. The van der Waals surface area contributed by atoms with Crippen molar-refractivity contribution >= 4 is 11.6 Å². The number of benzene rings is 2. The van der Waals surface area contributed by atoms with Gasteiger partial charge in [0.05, 0.1) is 11.2 Å². The Morgan fingerprint density at radius 3 is 1.06 bits per heavy atom. The normalized spacial score (nSPS) is 13.1. The predicted molar refractivity (Wildman–Crippen MR) is 139 cm³/mol. The number of carbonyl (C=O) groups is 2. The molecule has 0 aliphatic heterocycles. The van der Waals surface area contributed by atoms with Gasteiger partial charge >= 0.3 is 0 Å². The predicted octanol–water partition coefficient (Wildman–Crippen LogP) is 7.63. The van der Waals surface area contributed by atoms with Gasteiger partial charge < -0.3 is 0 Å². The summed E-state index contributed by atoms with van der Waals surface area (Å²) in [5.41, 5.74) is 2.39. The van der Waals surface area contributed by atoms with E-state index >= 15 is 0 Å². The molecule has 0 aliphatic carbocycles. The number of Topliss-reactive ketones (excluding diaryl/α,β-unsaturated/α-hetero) is 2. The van der Waals surface area contributed by atoms with Crippen molar-refractivity contribution in [2.24, 2.45) is 0 Å². The van der Waals surface area contributed by atoms with E-state index < -0.39 is 11.2 Å². The molecule has 2 aromatic rings. The standard InChI is InChI=1S/C30H42O4/c1-21(31)23-11-15-25(16-12-23)27(3,4)19-29(7,8)33-34-30(9,10)20-28(5,6)26-17-13-24(14-18-26)22(2)32/h11-18H,19-20H2,1-10H3. The zero-order chi connectivity index (χ0) is 25.9. The molecular formula is C30H42O4. The topological polar surface area (TPSA) is 52.6 Å². The maximum Gasteiger partial charge on any atom is 0.159 e. The van der Waals surface area contributed by atoms with Crippen LogP contribution >= 0.6 is 0 Å². The Morgan fingerprint density at radius 1 is 0.559 bits per heavy atom. The molecule has 2 aromatic carbocycles. The van der Waals surface area contributed by atoms with Gasteiger partial charge in [0.2, 0.25) is 0 Å². The Balaban J connectivity index is 2.04. The summed E-state index contributed by atoms with van der Waals surface area (Å²) in [6, 6.07) is 15.6. The van der Waals surface area contributed by atoms with Crippen molar-refractivity contribution in [2.75, 3.05) is 0 Å². The van der Waals surface area contributed by atoms with Crippen LogP contribution in [0.3, 0.4) is 0 Å². The van der Waals surface area contributed by atoms with Crippen LogP contribution in [-0.2, 0) is 20.6 Å². The highest BCUT2D eigenvalue weighted by Gasteiger charge is 2.36. The van der Waals surface area contributed by atoms with Crippen molar-refractivity contribution in [3.8, 4) is 0 Å². The minimum Gasteiger partial charge on any atom is -0.295 e. The molecular weight excluding hydrogens is 424 g/mol. The van der Waals surface area contributed by atoms with Gasteiger partial charge in [-0.1, -0.05) is 76.2 Å². The number of hydrogen-bond donors (Lipinski definition) is 0. The molecule has 0 bridgehead atoms. The molecule has 34 heavy (non-hydrogen) atoms. The van der Waals surface area contributed by atoms with Crippen molar-refractivity contribution in [1.82, 2.24) is 0 Å². The average Bonchev–Trinajstić information content (AvgIpc) is 2.71. The molecule has 0 N–H and O–H groups in total. The Morgan fingerprint density at radius 2 is 0.824 bits per heavy atom. The van der Waals surface area contributed by atoms with Crippen LogP contribution in [0.4, 0.5) is 0 Å². The lowest BCUT2D eigenvalue weighted by atomic mass is 9.76. The first-order valence-electron chi connectivity index (χ1n) is 12.0. The highest BCUT2D eigenvalue weighted by Crippen LogP contribution is 2.38. The van der Waals surface area contributed by atoms with Crippen LogP contribution in [0.25, 0.3) is 0 Å². The Bertz CT molecular complexity index is 910. The van der Waals surface area contributed by atoms with E-state index in [0.717, 1.165) is 35.1 Å². The molecule has 0 radical (unpaired) electrons. The lowest BCUT2D eigenvalue weighted by molar-refractivity contribution is -0.405. The number of carbonyl (C=O) groups excluding carboxylic acids is 2. The molecule has 0 amide bonds. The monoisotopic (exact) mass is 466 g/mol. The van der Waals surface area contributed by atoms with Crippen LogP contribution in [0.1, 0.15) is 114 Å². The quantitative estimate of drug-likeness (QED) is 0.194. The molecule has 186 valence electrons. The van der Waals surface area contributed by atoms with Crippen molar-refractivity contribution < 1.29 is 19.4 Å². The van der Waals surface area contributed by atoms with Crippen LogP contribution in [0, 0.1) is 0 Å². The van der Waals surface area contributed by atoms with Crippen LogP contribution < -0.4 is 0 Å². The summed E-state index contributed by atoms with van der Waals surface area (Å²) >= 11 is 0. The van der Waals surface area contributed by atoms with Gasteiger partial charge in [-0.3, -0.25) is 9.59 Å². The molecule has 0 saturated heterocycles. The second-order valence-corrected chi connectivity index (χ2v) is 12.1. The maximum atomic E-state index is 11.6. The largest absolute Gasteiger partial charge is 0.295 e. The van der Waals surface area contributed by atoms with Gasteiger partial charge in [-0.05, 0) is 76.3 Å². The summed E-state index contributed by atoms with van der Waals surface area (Å²) in [6.07, 6.45) is 1.48. The first-order chi connectivity index (χ1) is 15.4. The molecule has 4 heteroatoms. The second kappa shape index (κ2) is 10.1. The van der Waals surface area contributed by atoms with E-state index in [0.29, 0.717) is 0 Å². The van der Waals surface area contributed by atoms with E-state index in [9.17, 15) is 9.59 Å². The van der Waals surface area contributed by atoms with Gasteiger partial charge in [0, 0.05) is 11.1 Å². The second-order valence-electron chi connectivity index (χ2n) is 12.1. The summed E-state index contributed by atoms with van der Waals surface area (Å²) in [7, 11) is 0. The SMILES string of the molecule is CC(=O)c1ccc(C(C)(C)CC(C)(C)OOC(C)(C)CC(C)(C)c2ccc(C(C)=O)cc2)cc1. The van der Waals surface area contributed by atoms with E-state index in [1.807, 2.05) is 76.2 Å². The maximum absolute atomic E-state index is 11.6. The summed E-state index contributed by atoms with van der Waals surface area (Å²) in [5.74, 6) is 0.141. The molecule has 0 fully saturated rings. The molecule has 0 aliphatic rings. The van der Waals surface area contributed by atoms with E-state index in [-0.39, 0.29) is 22.4 Å². The molecule has 0 saturated carbocycles.